The lowest BCUT2D eigenvalue weighted by Gasteiger charge is -2.21. The van der Waals surface area contributed by atoms with Crippen LogP contribution in [0.4, 0.5) is 4.39 Å². The molecule has 0 bridgehead atoms. The maximum absolute atomic E-state index is 13.2. The minimum absolute atomic E-state index is 0.173. The van der Waals surface area contributed by atoms with Gasteiger partial charge in [-0.1, -0.05) is 46.3 Å². The van der Waals surface area contributed by atoms with Gasteiger partial charge in [0.15, 0.2) is 0 Å². The van der Waals surface area contributed by atoms with Crippen LogP contribution in [0.3, 0.4) is 0 Å². The molecule has 3 heteroatoms. The standard InChI is InChI=1S/C17H19BrFN/c1-12(10-14-6-5-7-15(19)11-14)20-13(2)16-8-3-4-9-17(16)18/h3-9,11-13,20H,10H2,1-2H3/t12?,13-/m0/s1. The summed E-state index contributed by atoms with van der Waals surface area (Å²) < 4.78 is 14.3. The maximum Gasteiger partial charge on any atom is 0.123 e. The molecule has 0 spiro atoms. The van der Waals surface area contributed by atoms with Crippen LogP contribution in [0.25, 0.3) is 0 Å². The maximum atomic E-state index is 13.2. The van der Waals surface area contributed by atoms with Gasteiger partial charge in [-0.25, -0.2) is 4.39 Å². The molecule has 0 radical (unpaired) electrons. The highest BCUT2D eigenvalue weighted by Gasteiger charge is 2.12. The van der Waals surface area contributed by atoms with Crippen LogP contribution in [0, 0.1) is 5.82 Å². The summed E-state index contributed by atoms with van der Waals surface area (Å²) >= 11 is 3.57. The van der Waals surface area contributed by atoms with Crippen molar-refractivity contribution in [3.63, 3.8) is 0 Å². The van der Waals surface area contributed by atoms with Crippen LogP contribution < -0.4 is 5.32 Å². The summed E-state index contributed by atoms with van der Waals surface area (Å²) in [5.74, 6) is -0.173. The monoisotopic (exact) mass is 335 g/mol. The molecule has 20 heavy (non-hydrogen) atoms. The lowest BCUT2D eigenvalue weighted by atomic mass is 10.0. The molecule has 106 valence electrons. The van der Waals surface area contributed by atoms with Gasteiger partial charge in [-0.3, -0.25) is 0 Å². The van der Waals surface area contributed by atoms with E-state index in [4.69, 9.17) is 0 Å². The highest BCUT2D eigenvalue weighted by atomic mass is 79.9. The van der Waals surface area contributed by atoms with Gasteiger partial charge in [0.1, 0.15) is 5.82 Å². The largest absolute Gasteiger partial charge is 0.307 e. The average molecular weight is 336 g/mol. The minimum atomic E-state index is -0.173. The van der Waals surface area contributed by atoms with Gasteiger partial charge < -0.3 is 5.32 Å². The molecule has 2 aromatic carbocycles. The molecule has 0 heterocycles. The van der Waals surface area contributed by atoms with Gasteiger partial charge >= 0.3 is 0 Å². The number of nitrogens with one attached hydrogen (secondary N) is 1. The Hall–Kier alpha value is -1.19. The van der Waals surface area contributed by atoms with E-state index < -0.39 is 0 Å². The third-order valence-electron chi connectivity index (χ3n) is 3.34. The Morgan fingerprint density at radius 1 is 1.10 bits per heavy atom. The molecular formula is C17H19BrFN. The summed E-state index contributed by atoms with van der Waals surface area (Å²) in [5.41, 5.74) is 2.25. The van der Waals surface area contributed by atoms with E-state index in [0.29, 0.717) is 0 Å². The smallest absolute Gasteiger partial charge is 0.123 e. The van der Waals surface area contributed by atoms with E-state index in [1.54, 1.807) is 12.1 Å². The number of hydrogen-bond acceptors (Lipinski definition) is 1. The molecule has 2 aromatic rings. The molecule has 0 saturated heterocycles. The quantitative estimate of drug-likeness (QED) is 0.821. The molecule has 0 aliphatic rings. The molecule has 0 fully saturated rings. The van der Waals surface area contributed by atoms with Crippen LogP contribution in [0.1, 0.15) is 31.0 Å². The fourth-order valence-electron chi connectivity index (χ4n) is 2.42. The van der Waals surface area contributed by atoms with Gasteiger partial charge in [-0.2, -0.15) is 0 Å². The zero-order valence-electron chi connectivity index (χ0n) is 11.7. The Balaban J connectivity index is 1.98. The first-order valence-electron chi connectivity index (χ1n) is 6.81. The Morgan fingerprint density at radius 3 is 2.55 bits per heavy atom. The normalized spacial score (nSPS) is 14.0. The molecule has 0 saturated carbocycles. The predicted octanol–water partition coefficient (Wildman–Crippen LogP) is 4.87. The van der Waals surface area contributed by atoms with Crippen molar-refractivity contribution in [3.8, 4) is 0 Å². The lowest BCUT2D eigenvalue weighted by molar-refractivity contribution is 0.475. The summed E-state index contributed by atoms with van der Waals surface area (Å²) in [4.78, 5) is 0. The van der Waals surface area contributed by atoms with Crippen LogP contribution in [0.15, 0.2) is 53.0 Å². The predicted molar refractivity (Wildman–Crippen MR) is 85.3 cm³/mol. The summed E-state index contributed by atoms with van der Waals surface area (Å²) in [6, 6.07) is 15.5. The summed E-state index contributed by atoms with van der Waals surface area (Å²) in [6.07, 6.45) is 0.812. The van der Waals surface area contributed by atoms with E-state index in [-0.39, 0.29) is 17.9 Å². The Bertz CT molecular complexity index is 570. The van der Waals surface area contributed by atoms with Crippen molar-refractivity contribution < 1.29 is 4.39 Å². The highest BCUT2D eigenvalue weighted by Crippen LogP contribution is 2.23. The Kier molecular flexibility index (Phi) is 5.32. The zero-order valence-corrected chi connectivity index (χ0v) is 13.3. The van der Waals surface area contributed by atoms with Crippen molar-refractivity contribution in [2.45, 2.75) is 32.4 Å². The average Bonchev–Trinajstić information content (AvgIpc) is 2.38. The van der Waals surface area contributed by atoms with Crippen LogP contribution in [-0.4, -0.2) is 6.04 Å². The Labute approximate surface area is 128 Å². The molecule has 1 N–H and O–H groups in total. The number of benzene rings is 2. The SMILES string of the molecule is CC(Cc1cccc(F)c1)N[C@@H](C)c1ccccc1Br. The van der Waals surface area contributed by atoms with Gasteiger partial charge in [0.2, 0.25) is 0 Å². The highest BCUT2D eigenvalue weighted by molar-refractivity contribution is 9.10. The van der Waals surface area contributed by atoms with Crippen LogP contribution >= 0.6 is 15.9 Å². The van der Waals surface area contributed by atoms with Gasteiger partial charge in [-0.05, 0) is 49.6 Å². The number of halogens is 2. The summed E-state index contributed by atoms with van der Waals surface area (Å²) in [5, 5.41) is 3.55. The number of hydrogen-bond donors (Lipinski definition) is 1. The van der Waals surface area contributed by atoms with Crippen molar-refractivity contribution in [3.05, 3.63) is 69.9 Å². The first kappa shape index (κ1) is 15.2. The van der Waals surface area contributed by atoms with Crippen LogP contribution in [0.2, 0.25) is 0 Å². The Morgan fingerprint density at radius 2 is 1.85 bits per heavy atom. The molecule has 2 atom stereocenters. The van der Waals surface area contributed by atoms with Crippen LogP contribution in [0.5, 0.6) is 0 Å². The van der Waals surface area contributed by atoms with E-state index >= 15 is 0 Å². The van der Waals surface area contributed by atoms with Gasteiger partial charge in [0.05, 0.1) is 0 Å². The molecule has 1 unspecified atom stereocenters. The fraction of sp³-hybridized carbons (Fsp3) is 0.294. The third-order valence-corrected chi connectivity index (χ3v) is 4.06. The first-order chi connectivity index (χ1) is 9.56. The van der Waals surface area contributed by atoms with Crippen molar-refractivity contribution >= 4 is 15.9 Å². The molecule has 0 amide bonds. The summed E-state index contributed by atoms with van der Waals surface area (Å²) in [6.45, 7) is 4.26. The van der Waals surface area contributed by atoms with E-state index in [9.17, 15) is 4.39 Å². The molecule has 0 aliphatic carbocycles. The second kappa shape index (κ2) is 7.00. The second-order valence-corrected chi connectivity index (χ2v) is 6.00. The number of rotatable bonds is 5. The third kappa shape index (κ3) is 4.15. The fourth-order valence-corrected chi connectivity index (χ4v) is 3.05. The van der Waals surface area contributed by atoms with E-state index in [1.807, 2.05) is 24.3 Å². The molecule has 1 nitrogen and oxygen atoms in total. The molecule has 0 aliphatic heterocycles. The first-order valence-corrected chi connectivity index (χ1v) is 7.60. The molecule has 0 aromatic heterocycles. The zero-order chi connectivity index (χ0) is 14.5. The van der Waals surface area contributed by atoms with E-state index in [2.05, 4.69) is 41.2 Å². The minimum Gasteiger partial charge on any atom is -0.307 e. The van der Waals surface area contributed by atoms with Gasteiger partial charge in [-0.15, -0.1) is 0 Å². The van der Waals surface area contributed by atoms with E-state index in [1.165, 1.54) is 11.6 Å². The molecule has 2 rings (SSSR count). The van der Waals surface area contributed by atoms with Crippen LogP contribution in [-0.2, 0) is 6.42 Å². The van der Waals surface area contributed by atoms with Gasteiger partial charge in [0, 0.05) is 16.6 Å². The van der Waals surface area contributed by atoms with Crippen molar-refractivity contribution in [2.75, 3.05) is 0 Å². The van der Waals surface area contributed by atoms with E-state index in [0.717, 1.165) is 16.5 Å². The summed E-state index contributed by atoms with van der Waals surface area (Å²) in [7, 11) is 0. The van der Waals surface area contributed by atoms with Crippen molar-refractivity contribution in [2.24, 2.45) is 0 Å². The lowest BCUT2D eigenvalue weighted by Crippen LogP contribution is -2.30. The molecular weight excluding hydrogens is 317 g/mol. The second-order valence-electron chi connectivity index (χ2n) is 5.14. The van der Waals surface area contributed by atoms with Gasteiger partial charge in [0.25, 0.3) is 0 Å². The van der Waals surface area contributed by atoms with Crippen molar-refractivity contribution in [1.82, 2.24) is 5.32 Å². The van der Waals surface area contributed by atoms with Crippen molar-refractivity contribution in [1.29, 1.82) is 0 Å². The topological polar surface area (TPSA) is 12.0 Å².